The summed E-state index contributed by atoms with van der Waals surface area (Å²) >= 11 is 6.03. The first-order chi connectivity index (χ1) is 7.99. The molecule has 0 radical (unpaired) electrons. The molecule has 7 heteroatoms. The van der Waals surface area contributed by atoms with Crippen molar-refractivity contribution in [2.24, 2.45) is 7.05 Å². The molecule has 90 valence electrons. The molecular weight excluding hydrogens is 244 g/mol. The zero-order chi connectivity index (χ0) is 12.6. The zero-order valence-electron chi connectivity index (χ0n) is 9.38. The minimum absolute atomic E-state index is 0.209. The topological polar surface area (TPSA) is 72.9 Å². The van der Waals surface area contributed by atoms with Gasteiger partial charge in [-0.2, -0.15) is 10.2 Å². The van der Waals surface area contributed by atoms with E-state index in [-0.39, 0.29) is 6.54 Å². The second kappa shape index (κ2) is 4.21. The third kappa shape index (κ3) is 2.16. The first-order valence-corrected chi connectivity index (χ1v) is 5.30. The van der Waals surface area contributed by atoms with Crippen LogP contribution in [-0.4, -0.2) is 30.6 Å². The smallest absolute Gasteiger partial charge is 0.325 e. The molecule has 0 aliphatic rings. The normalized spacial score (nSPS) is 10.8. The molecule has 0 spiro atoms. The number of nitrogens with zero attached hydrogens (tertiary/aromatic N) is 4. The van der Waals surface area contributed by atoms with E-state index in [0.29, 0.717) is 10.7 Å². The average Bonchev–Trinajstić information content (AvgIpc) is 2.72. The van der Waals surface area contributed by atoms with Crippen LogP contribution in [0.5, 0.6) is 0 Å². The Morgan fingerprint density at radius 1 is 1.59 bits per heavy atom. The van der Waals surface area contributed by atoms with Crippen LogP contribution in [0, 0.1) is 6.92 Å². The lowest BCUT2D eigenvalue weighted by Crippen LogP contribution is -2.08. The highest BCUT2D eigenvalue weighted by molar-refractivity contribution is 6.33. The summed E-state index contributed by atoms with van der Waals surface area (Å²) < 4.78 is 3.01. The fourth-order valence-electron chi connectivity index (χ4n) is 1.53. The molecule has 0 atom stereocenters. The average molecular weight is 255 g/mol. The van der Waals surface area contributed by atoms with Crippen LogP contribution in [0.3, 0.4) is 0 Å². The summed E-state index contributed by atoms with van der Waals surface area (Å²) in [7, 11) is 1.82. The second-order valence-electron chi connectivity index (χ2n) is 3.68. The van der Waals surface area contributed by atoms with Crippen LogP contribution in [0.1, 0.15) is 5.69 Å². The van der Waals surface area contributed by atoms with Gasteiger partial charge in [0.1, 0.15) is 12.2 Å². The molecule has 2 rings (SSSR count). The Kier molecular flexibility index (Phi) is 2.89. The van der Waals surface area contributed by atoms with Crippen molar-refractivity contribution in [1.29, 1.82) is 0 Å². The molecule has 0 fully saturated rings. The molecule has 0 unspecified atom stereocenters. The number of hydrogen-bond acceptors (Lipinski definition) is 3. The molecule has 2 aromatic heterocycles. The zero-order valence-corrected chi connectivity index (χ0v) is 10.1. The van der Waals surface area contributed by atoms with E-state index in [1.807, 2.05) is 14.0 Å². The lowest BCUT2D eigenvalue weighted by Gasteiger charge is -1.97. The molecule has 17 heavy (non-hydrogen) atoms. The van der Waals surface area contributed by atoms with E-state index in [1.165, 1.54) is 10.9 Å². The van der Waals surface area contributed by atoms with Crippen molar-refractivity contribution in [2.45, 2.75) is 13.5 Å². The predicted octanol–water partition coefficient (Wildman–Crippen LogP) is 1.33. The second-order valence-corrected chi connectivity index (χ2v) is 4.09. The number of aliphatic carboxylic acids is 1. The van der Waals surface area contributed by atoms with Gasteiger partial charge in [-0.15, -0.1) is 0 Å². The highest BCUT2D eigenvalue weighted by atomic mass is 35.5. The molecule has 6 nitrogen and oxygen atoms in total. The SMILES string of the molecule is Cc1c(-c2nn(CC(=O)O)cc2Cl)cnn1C. The minimum atomic E-state index is -0.960. The summed E-state index contributed by atoms with van der Waals surface area (Å²) in [6.45, 7) is 1.69. The van der Waals surface area contributed by atoms with Crippen LogP contribution in [0.4, 0.5) is 0 Å². The molecule has 2 aromatic rings. The summed E-state index contributed by atoms with van der Waals surface area (Å²) in [4.78, 5) is 10.6. The van der Waals surface area contributed by atoms with Crippen molar-refractivity contribution < 1.29 is 9.90 Å². The molecule has 2 heterocycles. The highest BCUT2D eigenvalue weighted by Crippen LogP contribution is 2.28. The van der Waals surface area contributed by atoms with Crippen LogP contribution in [0.2, 0.25) is 5.02 Å². The Bertz CT molecular complexity index is 573. The maximum atomic E-state index is 10.6. The quantitative estimate of drug-likeness (QED) is 0.897. The van der Waals surface area contributed by atoms with Crippen molar-refractivity contribution in [3.05, 3.63) is 23.1 Å². The van der Waals surface area contributed by atoms with Crippen LogP contribution in [0.15, 0.2) is 12.4 Å². The number of aromatic nitrogens is 4. The van der Waals surface area contributed by atoms with Crippen molar-refractivity contribution in [1.82, 2.24) is 19.6 Å². The number of hydrogen-bond donors (Lipinski definition) is 1. The molecule has 0 aliphatic carbocycles. The Hall–Kier alpha value is -1.82. The Morgan fingerprint density at radius 3 is 2.82 bits per heavy atom. The van der Waals surface area contributed by atoms with E-state index in [2.05, 4.69) is 10.2 Å². The van der Waals surface area contributed by atoms with E-state index in [4.69, 9.17) is 16.7 Å². The van der Waals surface area contributed by atoms with Crippen LogP contribution < -0.4 is 0 Å². The Labute approximate surface area is 102 Å². The summed E-state index contributed by atoms with van der Waals surface area (Å²) in [5.41, 5.74) is 2.28. The lowest BCUT2D eigenvalue weighted by atomic mass is 10.2. The monoisotopic (exact) mass is 254 g/mol. The van der Waals surface area contributed by atoms with E-state index < -0.39 is 5.97 Å². The van der Waals surface area contributed by atoms with Crippen molar-refractivity contribution in [3.63, 3.8) is 0 Å². The molecule has 0 aromatic carbocycles. The van der Waals surface area contributed by atoms with Gasteiger partial charge >= 0.3 is 5.97 Å². The van der Waals surface area contributed by atoms with Gasteiger partial charge in [-0.05, 0) is 6.92 Å². The van der Waals surface area contributed by atoms with Crippen LogP contribution in [0.25, 0.3) is 11.3 Å². The Balaban J connectivity index is 2.42. The molecule has 0 amide bonds. The standard InChI is InChI=1S/C10H11ClN4O2/c1-6-7(3-12-14(6)2)10-8(11)4-15(13-10)5-9(16)17/h3-4H,5H2,1-2H3,(H,16,17). The molecule has 1 N–H and O–H groups in total. The largest absolute Gasteiger partial charge is 0.480 e. The van der Waals surface area contributed by atoms with Gasteiger partial charge in [-0.3, -0.25) is 14.2 Å². The van der Waals surface area contributed by atoms with Crippen LogP contribution >= 0.6 is 11.6 Å². The van der Waals surface area contributed by atoms with Crippen molar-refractivity contribution in [2.75, 3.05) is 0 Å². The van der Waals surface area contributed by atoms with Gasteiger partial charge < -0.3 is 5.11 Å². The van der Waals surface area contributed by atoms with Gasteiger partial charge in [0, 0.05) is 24.5 Å². The number of rotatable bonds is 3. The maximum Gasteiger partial charge on any atom is 0.325 e. The molecule has 0 bridgehead atoms. The third-order valence-corrected chi connectivity index (χ3v) is 2.78. The van der Waals surface area contributed by atoms with E-state index in [9.17, 15) is 4.79 Å². The fraction of sp³-hybridized carbons (Fsp3) is 0.300. The van der Waals surface area contributed by atoms with Gasteiger partial charge in [0.2, 0.25) is 0 Å². The molecule has 0 saturated carbocycles. The summed E-state index contributed by atoms with van der Waals surface area (Å²) in [6, 6.07) is 0. The Morgan fingerprint density at radius 2 is 2.29 bits per heavy atom. The van der Waals surface area contributed by atoms with Gasteiger partial charge in [0.25, 0.3) is 0 Å². The maximum absolute atomic E-state index is 10.6. The summed E-state index contributed by atoms with van der Waals surface area (Å²) in [5, 5.41) is 17.3. The lowest BCUT2D eigenvalue weighted by molar-refractivity contribution is -0.137. The number of carboxylic acid groups (broad SMARTS) is 1. The molecule has 0 saturated heterocycles. The van der Waals surface area contributed by atoms with Gasteiger partial charge in [0.15, 0.2) is 0 Å². The number of halogens is 1. The third-order valence-electron chi connectivity index (χ3n) is 2.50. The molecular formula is C10H11ClN4O2. The number of aryl methyl sites for hydroxylation is 1. The van der Waals surface area contributed by atoms with Crippen LogP contribution in [-0.2, 0) is 18.4 Å². The first-order valence-electron chi connectivity index (χ1n) is 4.92. The first kappa shape index (κ1) is 11.7. The van der Waals surface area contributed by atoms with Gasteiger partial charge in [0.05, 0.1) is 11.2 Å². The van der Waals surface area contributed by atoms with Gasteiger partial charge in [-0.1, -0.05) is 11.6 Å². The minimum Gasteiger partial charge on any atom is -0.480 e. The molecule has 0 aliphatic heterocycles. The van der Waals surface area contributed by atoms with E-state index in [0.717, 1.165) is 11.3 Å². The van der Waals surface area contributed by atoms with Crippen molar-refractivity contribution in [3.8, 4) is 11.3 Å². The summed E-state index contributed by atoms with van der Waals surface area (Å²) in [6.07, 6.45) is 3.16. The number of carboxylic acids is 1. The fourth-order valence-corrected chi connectivity index (χ4v) is 1.78. The van der Waals surface area contributed by atoms with E-state index in [1.54, 1.807) is 10.9 Å². The highest BCUT2D eigenvalue weighted by Gasteiger charge is 2.15. The number of carbonyl (C=O) groups is 1. The van der Waals surface area contributed by atoms with Gasteiger partial charge in [-0.25, -0.2) is 0 Å². The summed E-state index contributed by atoms with van der Waals surface area (Å²) in [5.74, 6) is -0.960. The van der Waals surface area contributed by atoms with Crippen molar-refractivity contribution >= 4 is 17.6 Å². The van der Waals surface area contributed by atoms with E-state index >= 15 is 0 Å². The predicted molar refractivity (Wildman–Crippen MR) is 61.8 cm³/mol.